The maximum absolute atomic E-state index is 13.0. The highest BCUT2D eigenvalue weighted by molar-refractivity contribution is 7.89. The van der Waals surface area contributed by atoms with Crippen molar-refractivity contribution < 1.29 is 8.42 Å². The van der Waals surface area contributed by atoms with E-state index >= 15 is 0 Å². The highest BCUT2D eigenvalue weighted by atomic mass is 32.2. The number of rotatable bonds is 5. The molecule has 0 saturated carbocycles. The molecule has 0 bridgehead atoms. The van der Waals surface area contributed by atoms with E-state index < -0.39 is 10.0 Å². The molecule has 2 N–H and O–H groups in total. The molecule has 1 aliphatic heterocycles. The first-order valence-electron chi connectivity index (χ1n) is 7.38. The largest absolute Gasteiger partial charge is 0.316 e. The fourth-order valence-corrected chi connectivity index (χ4v) is 4.66. The van der Waals surface area contributed by atoms with Crippen LogP contribution in [0.3, 0.4) is 0 Å². The van der Waals surface area contributed by atoms with E-state index in [4.69, 9.17) is 0 Å². The molecule has 0 aromatic carbocycles. The van der Waals surface area contributed by atoms with Crippen LogP contribution in [0.2, 0.25) is 0 Å². The Labute approximate surface area is 126 Å². The van der Waals surface area contributed by atoms with Gasteiger partial charge in [-0.3, -0.25) is 5.10 Å². The summed E-state index contributed by atoms with van der Waals surface area (Å²) in [5.41, 5.74) is 0.685. The van der Waals surface area contributed by atoms with Crippen molar-refractivity contribution in [2.45, 2.75) is 37.4 Å². The minimum absolute atomic E-state index is 0.00763. The zero-order chi connectivity index (χ0) is 15.5. The molecule has 120 valence electrons. The van der Waals surface area contributed by atoms with E-state index in [1.165, 1.54) is 0 Å². The molecule has 0 amide bonds. The third kappa shape index (κ3) is 3.45. The van der Waals surface area contributed by atoms with Crippen LogP contribution in [0, 0.1) is 0 Å². The average molecular weight is 315 g/mol. The van der Waals surface area contributed by atoms with Crippen LogP contribution in [-0.4, -0.2) is 67.6 Å². The first kappa shape index (κ1) is 16.4. The number of aromatic amines is 1. The molecular weight excluding hydrogens is 290 g/mol. The summed E-state index contributed by atoms with van der Waals surface area (Å²) >= 11 is 0. The molecular formula is C13H25N5O2S. The van der Waals surface area contributed by atoms with Gasteiger partial charge >= 0.3 is 0 Å². The van der Waals surface area contributed by atoms with Gasteiger partial charge in [0.2, 0.25) is 0 Å². The molecule has 1 unspecified atom stereocenters. The van der Waals surface area contributed by atoms with Crippen LogP contribution in [-0.2, 0) is 16.6 Å². The molecule has 1 saturated heterocycles. The molecule has 0 aliphatic carbocycles. The van der Waals surface area contributed by atoms with Gasteiger partial charge in [-0.25, -0.2) is 8.42 Å². The Balaban J connectivity index is 2.34. The highest BCUT2D eigenvalue weighted by Gasteiger charge is 2.35. The number of aromatic nitrogens is 2. The Morgan fingerprint density at radius 2 is 2.24 bits per heavy atom. The zero-order valence-corrected chi connectivity index (χ0v) is 13.8. The Hall–Kier alpha value is -0.960. The van der Waals surface area contributed by atoms with E-state index in [9.17, 15) is 8.42 Å². The summed E-state index contributed by atoms with van der Waals surface area (Å²) in [6.45, 7) is 4.77. The molecule has 2 heterocycles. The summed E-state index contributed by atoms with van der Waals surface area (Å²) in [7, 11) is 0.303. The summed E-state index contributed by atoms with van der Waals surface area (Å²) in [5, 5.41) is 9.78. The fraction of sp³-hybridized carbons (Fsp3) is 0.769. The summed E-state index contributed by atoms with van der Waals surface area (Å²) < 4.78 is 27.6. The van der Waals surface area contributed by atoms with E-state index in [0.717, 1.165) is 25.9 Å². The van der Waals surface area contributed by atoms with Crippen molar-refractivity contribution in [1.82, 2.24) is 24.7 Å². The van der Waals surface area contributed by atoms with Crippen molar-refractivity contribution in [1.29, 1.82) is 0 Å². The van der Waals surface area contributed by atoms with E-state index in [0.29, 0.717) is 18.7 Å². The first-order valence-corrected chi connectivity index (χ1v) is 8.82. The second-order valence-electron chi connectivity index (χ2n) is 5.55. The topological polar surface area (TPSA) is 81.3 Å². The van der Waals surface area contributed by atoms with Gasteiger partial charge in [-0.05, 0) is 33.5 Å². The van der Waals surface area contributed by atoms with Crippen LogP contribution in [0.5, 0.6) is 0 Å². The standard InChI is InChI=1S/C13H25N5O2S/c1-4-12-10-17(3)6-5-7-18(12)21(19,20)13-11(8-14-2)9-15-16-13/h9,12,14H,4-8,10H2,1-3H3,(H,15,16). The third-order valence-corrected chi connectivity index (χ3v) is 5.90. The first-order chi connectivity index (χ1) is 10.0. The van der Waals surface area contributed by atoms with Crippen LogP contribution < -0.4 is 5.32 Å². The van der Waals surface area contributed by atoms with Gasteiger partial charge < -0.3 is 10.2 Å². The Kier molecular flexibility index (Phi) is 5.37. The Bertz CT molecular complexity index is 557. The van der Waals surface area contributed by atoms with Crippen LogP contribution >= 0.6 is 0 Å². The monoisotopic (exact) mass is 315 g/mol. The van der Waals surface area contributed by atoms with Crippen LogP contribution in [0.15, 0.2) is 11.2 Å². The number of sulfonamides is 1. The highest BCUT2D eigenvalue weighted by Crippen LogP contribution is 2.23. The molecule has 8 heteroatoms. The van der Waals surface area contributed by atoms with Gasteiger partial charge in [-0.1, -0.05) is 6.92 Å². The summed E-state index contributed by atoms with van der Waals surface area (Å²) in [4.78, 5) is 2.20. The molecule has 21 heavy (non-hydrogen) atoms. The molecule has 1 aromatic heterocycles. The number of hydrogen-bond acceptors (Lipinski definition) is 5. The number of H-pyrrole nitrogens is 1. The van der Waals surface area contributed by atoms with E-state index in [2.05, 4.69) is 20.4 Å². The van der Waals surface area contributed by atoms with E-state index in [1.54, 1.807) is 17.5 Å². The minimum Gasteiger partial charge on any atom is -0.316 e. The van der Waals surface area contributed by atoms with Gasteiger partial charge in [0, 0.05) is 31.2 Å². The summed E-state index contributed by atoms with van der Waals surface area (Å²) in [5.74, 6) is 0. The normalized spacial score (nSPS) is 22.3. The summed E-state index contributed by atoms with van der Waals surface area (Å²) in [6, 6.07) is 0.00763. The average Bonchev–Trinajstić information content (AvgIpc) is 2.82. The molecule has 1 aliphatic rings. The molecule has 0 radical (unpaired) electrons. The number of nitrogens with zero attached hydrogens (tertiary/aromatic N) is 3. The third-order valence-electron chi connectivity index (χ3n) is 3.93. The number of likely N-dealkylation sites (N-methyl/N-ethyl adjacent to an activating group) is 1. The van der Waals surface area contributed by atoms with Crippen molar-refractivity contribution >= 4 is 10.0 Å². The number of nitrogens with one attached hydrogen (secondary N) is 2. The van der Waals surface area contributed by atoms with Gasteiger partial charge in [0.15, 0.2) is 5.03 Å². The van der Waals surface area contributed by atoms with Crippen LogP contribution in [0.1, 0.15) is 25.3 Å². The van der Waals surface area contributed by atoms with Gasteiger partial charge in [0.25, 0.3) is 10.0 Å². The lowest BCUT2D eigenvalue weighted by Gasteiger charge is -2.29. The maximum atomic E-state index is 13.0. The number of hydrogen-bond donors (Lipinski definition) is 2. The van der Waals surface area contributed by atoms with Gasteiger partial charge in [-0.15, -0.1) is 0 Å². The lowest BCUT2D eigenvalue weighted by molar-refractivity contribution is 0.270. The molecule has 1 atom stereocenters. The summed E-state index contributed by atoms with van der Waals surface area (Å²) in [6.07, 6.45) is 3.23. The Morgan fingerprint density at radius 1 is 1.48 bits per heavy atom. The fourth-order valence-electron chi connectivity index (χ4n) is 2.83. The van der Waals surface area contributed by atoms with Crippen molar-refractivity contribution in [3.63, 3.8) is 0 Å². The van der Waals surface area contributed by atoms with E-state index in [1.807, 2.05) is 14.0 Å². The Morgan fingerprint density at radius 3 is 2.90 bits per heavy atom. The van der Waals surface area contributed by atoms with E-state index in [-0.39, 0.29) is 11.1 Å². The quantitative estimate of drug-likeness (QED) is 0.813. The predicted molar refractivity (Wildman–Crippen MR) is 81.4 cm³/mol. The van der Waals surface area contributed by atoms with Crippen LogP contribution in [0.25, 0.3) is 0 Å². The van der Waals surface area contributed by atoms with Gasteiger partial charge in [0.1, 0.15) is 0 Å². The lowest BCUT2D eigenvalue weighted by atomic mass is 10.2. The van der Waals surface area contributed by atoms with Crippen molar-refractivity contribution in [2.24, 2.45) is 0 Å². The predicted octanol–water partition coefficient (Wildman–Crippen LogP) is 0.234. The smallest absolute Gasteiger partial charge is 0.260 e. The van der Waals surface area contributed by atoms with Crippen molar-refractivity contribution in [3.05, 3.63) is 11.8 Å². The van der Waals surface area contributed by atoms with Crippen molar-refractivity contribution in [2.75, 3.05) is 33.7 Å². The lowest BCUT2D eigenvalue weighted by Crippen LogP contribution is -2.43. The molecule has 7 nitrogen and oxygen atoms in total. The van der Waals surface area contributed by atoms with Gasteiger partial charge in [-0.2, -0.15) is 9.40 Å². The minimum atomic E-state index is -3.53. The molecule has 1 fully saturated rings. The zero-order valence-electron chi connectivity index (χ0n) is 13.0. The van der Waals surface area contributed by atoms with Crippen molar-refractivity contribution in [3.8, 4) is 0 Å². The second-order valence-corrected chi connectivity index (χ2v) is 7.38. The van der Waals surface area contributed by atoms with Crippen LogP contribution in [0.4, 0.5) is 0 Å². The van der Waals surface area contributed by atoms with Gasteiger partial charge in [0.05, 0.1) is 6.20 Å². The SMILES string of the molecule is CCC1CN(C)CCCN1S(=O)(=O)c1[nH]ncc1CNC. The second kappa shape index (κ2) is 6.87. The molecule has 2 rings (SSSR count). The molecule has 0 spiro atoms. The maximum Gasteiger partial charge on any atom is 0.260 e. The molecule has 1 aromatic rings.